The van der Waals surface area contributed by atoms with Crippen molar-refractivity contribution in [3.05, 3.63) is 48.3 Å². The minimum atomic E-state index is 0.506. The Kier molecular flexibility index (Phi) is 15.9. The first kappa shape index (κ1) is 27.8. The Balaban J connectivity index is 1.68. The maximum Gasteiger partial charge on any atom is 0.105 e. The summed E-state index contributed by atoms with van der Waals surface area (Å²) in [4.78, 5) is 5.25. The lowest BCUT2D eigenvalue weighted by Crippen LogP contribution is -2.41. The van der Waals surface area contributed by atoms with Crippen molar-refractivity contribution in [1.82, 2.24) is 9.80 Å². The molecule has 1 atom stereocenters. The predicted molar refractivity (Wildman–Crippen MR) is 146 cm³/mol. The van der Waals surface area contributed by atoms with Crippen molar-refractivity contribution >= 4 is 0 Å². The molecular weight excluding hydrogens is 400 g/mol. The van der Waals surface area contributed by atoms with Crippen LogP contribution in [0, 0.1) is 0 Å². The van der Waals surface area contributed by atoms with Gasteiger partial charge in [-0.15, -0.1) is 0 Å². The fourth-order valence-electron chi connectivity index (χ4n) is 5.10. The lowest BCUT2D eigenvalue weighted by Gasteiger charge is -2.33. The summed E-state index contributed by atoms with van der Waals surface area (Å²) in [7, 11) is 0. The molecule has 2 heteroatoms. The molecule has 0 aromatic heterocycles. The molecule has 1 aliphatic heterocycles. The Hall–Kier alpha value is -1.44. The van der Waals surface area contributed by atoms with Gasteiger partial charge in [0, 0.05) is 31.9 Å². The number of hydrogen-bond donors (Lipinski definition) is 0. The van der Waals surface area contributed by atoms with Crippen molar-refractivity contribution in [1.29, 1.82) is 0 Å². The minimum absolute atomic E-state index is 0.506. The van der Waals surface area contributed by atoms with Crippen LogP contribution in [0.2, 0.25) is 0 Å². The third-order valence-corrected chi connectivity index (χ3v) is 7.27. The van der Waals surface area contributed by atoms with E-state index in [0.29, 0.717) is 6.17 Å². The number of hydrogen-bond acceptors (Lipinski definition) is 2. The Bertz CT molecular complexity index is 582. The highest BCUT2D eigenvalue weighted by Crippen LogP contribution is 2.22. The minimum Gasteiger partial charge on any atom is -0.356 e. The number of nitrogens with zero attached hydrogens (tertiary/aromatic N) is 2. The fourth-order valence-corrected chi connectivity index (χ4v) is 5.10. The summed E-state index contributed by atoms with van der Waals surface area (Å²) in [6.45, 7) is 7.01. The molecule has 1 aliphatic rings. The maximum atomic E-state index is 2.62. The molecule has 0 radical (unpaired) electrons. The molecule has 1 aromatic carbocycles. The van der Waals surface area contributed by atoms with Crippen LogP contribution in [0.15, 0.2) is 42.7 Å². The quantitative estimate of drug-likeness (QED) is 0.171. The third kappa shape index (κ3) is 12.6. The highest BCUT2D eigenvalue weighted by atomic mass is 15.4. The first-order valence-corrected chi connectivity index (χ1v) is 14.6. The molecule has 2 rings (SSSR count). The zero-order valence-electron chi connectivity index (χ0n) is 22.2. The monoisotopic (exact) mass is 454 g/mol. The van der Waals surface area contributed by atoms with Gasteiger partial charge < -0.3 is 9.80 Å². The highest BCUT2D eigenvalue weighted by molar-refractivity contribution is 5.17. The molecule has 0 aliphatic carbocycles. The molecule has 33 heavy (non-hydrogen) atoms. The van der Waals surface area contributed by atoms with E-state index < -0.39 is 0 Å². The van der Waals surface area contributed by atoms with Crippen LogP contribution in [0.3, 0.4) is 0 Å². The summed E-state index contributed by atoms with van der Waals surface area (Å²) in [5, 5.41) is 0. The van der Waals surface area contributed by atoms with Gasteiger partial charge in [-0.1, -0.05) is 140 Å². The molecule has 0 saturated heterocycles. The van der Waals surface area contributed by atoms with Gasteiger partial charge in [0.15, 0.2) is 0 Å². The van der Waals surface area contributed by atoms with Crippen molar-refractivity contribution in [2.45, 2.75) is 136 Å². The second kappa shape index (κ2) is 18.9. The van der Waals surface area contributed by atoms with Crippen molar-refractivity contribution in [3.8, 4) is 0 Å². The second-order valence-electron chi connectivity index (χ2n) is 10.2. The fraction of sp³-hybridized carbons (Fsp3) is 0.742. The molecular formula is C31H54N2. The zero-order valence-corrected chi connectivity index (χ0v) is 22.2. The van der Waals surface area contributed by atoms with Gasteiger partial charge in [0.25, 0.3) is 0 Å². The molecule has 0 fully saturated rings. The zero-order chi connectivity index (χ0) is 23.4. The van der Waals surface area contributed by atoms with Crippen LogP contribution < -0.4 is 0 Å². The van der Waals surface area contributed by atoms with E-state index in [9.17, 15) is 0 Å². The van der Waals surface area contributed by atoms with E-state index in [-0.39, 0.29) is 0 Å². The Morgan fingerprint density at radius 3 is 1.33 bits per heavy atom. The SMILES string of the molecule is CCCCCCCCCCCN1C=CN(CCCCCCCCCC)C1Cc1ccccc1. The summed E-state index contributed by atoms with van der Waals surface area (Å²) in [6.07, 6.45) is 30.2. The van der Waals surface area contributed by atoms with Gasteiger partial charge in [0.05, 0.1) is 0 Å². The van der Waals surface area contributed by atoms with E-state index in [2.05, 4.69) is 66.4 Å². The van der Waals surface area contributed by atoms with Gasteiger partial charge in [-0.2, -0.15) is 0 Å². The molecule has 188 valence electrons. The molecule has 1 aromatic rings. The highest BCUT2D eigenvalue weighted by Gasteiger charge is 2.25. The number of rotatable bonds is 21. The molecule has 1 unspecified atom stereocenters. The van der Waals surface area contributed by atoms with Gasteiger partial charge in [-0.05, 0) is 18.4 Å². The molecule has 0 N–H and O–H groups in total. The van der Waals surface area contributed by atoms with Gasteiger partial charge in [0.1, 0.15) is 6.17 Å². The van der Waals surface area contributed by atoms with Crippen LogP contribution >= 0.6 is 0 Å². The lowest BCUT2D eigenvalue weighted by molar-refractivity contribution is 0.148. The Morgan fingerprint density at radius 2 is 0.909 bits per heavy atom. The summed E-state index contributed by atoms with van der Waals surface area (Å²) in [6, 6.07) is 11.1. The third-order valence-electron chi connectivity index (χ3n) is 7.27. The molecule has 0 amide bonds. The smallest absolute Gasteiger partial charge is 0.105 e. The molecule has 1 heterocycles. The first-order valence-electron chi connectivity index (χ1n) is 14.6. The normalized spacial score (nSPS) is 15.6. The van der Waals surface area contributed by atoms with Crippen LogP contribution in [0.5, 0.6) is 0 Å². The summed E-state index contributed by atoms with van der Waals surface area (Å²) >= 11 is 0. The molecule has 0 bridgehead atoms. The first-order chi connectivity index (χ1) is 16.3. The van der Waals surface area contributed by atoms with Crippen molar-refractivity contribution in [2.24, 2.45) is 0 Å². The predicted octanol–water partition coefficient (Wildman–Crippen LogP) is 9.32. The summed E-state index contributed by atoms with van der Waals surface area (Å²) in [5.41, 5.74) is 1.46. The van der Waals surface area contributed by atoms with Gasteiger partial charge in [0.2, 0.25) is 0 Å². The van der Waals surface area contributed by atoms with Crippen LogP contribution in [0.25, 0.3) is 0 Å². The van der Waals surface area contributed by atoms with E-state index >= 15 is 0 Å². The van der Waals surface area contributed by atoms with Crippen LogP contribution in [-0.2, 0) is 6.42 Å². The molecule has 2 nitrogen and oxygen atoms in total. The van der Waals surface area contributed by atoms with Crippen molar-refractivity contribution < 1.29 is 0 Å². The van der Waals surface area contributed by atoms with Gasteiger partial charge in [-0.3, -0.25) is 0 Å². The molecule has 0 spiro atoms. The van der Waals surface area contributed by atoms with Gasteiger partial charge in [-0.25, -0.2) is 0 Å². The average molecular weight is 455 g/mol. The van der Waals surface area contributed by atoms with Crippen LogP contribution in [-0.4, -0.2) is 29.1 Å². The Labute approximate surface area is 206 Å². The van der Waals surface area contributed by atoms with E-state index in [1.807, 2.05) is 0 Å². The summed E-state index contributed by atoms with van der Waals surface area (Å²) in [5.74, 6) is 0. The number of benzene rings is 1. The number of unbranched alkanes of at least 4 members (excludes halogenated alkanes) is 15. The van der Waals surface area contributed by atoms with E-state index in [4.69, 9.17) is 0 Å². The second-order valence-corrected chi connectivity index (χ2v) is 10.2. The molecule has 0 saturated carbocycles. The van der Waals surface area contributed by atoms with Crippen LogP contribution in [0.4, 0.5) is 0 Å². The largest absolute Gasteiger partial charge is 0.356 e. The average Bonchev–Trinajstić information content (AvgIpc) is 3.21. The topological polar surface area (TPSA) is 6.48 Å². The van der Waals surface area contributed by atoms with Crippen LogP contribution in [0.1, 0.15) is 129 Å². The van der Waals surface area contributed by atoms with Crippen molar-refractivity contribution in [3.63, 3.8) is 0 Å². The van der Waals surface area contributed by atoms with E-state index in [1.54, 1.807) is 0 Å². The maximum absolute atomic E-state index is 2.62. The summed E-state index contributed by atoms with van der Waals surface area (Å²) < 4.78 is 0. The van der Waals surface area contributed by atoms with E-state index in [1.165, 1.54) is 128 Å². The standard InChI is InChI=1S/C31H54N2/c1-3-5-7-9-11-13-15-17-22-26-33-28-27-32(25-21-16-14-12-10-8-6-4-2)31(33)29-30-23-19-18-20-24-30/h18-20,23-24,27-28,31H,3-17,21-22,25-26,29H2,1-2H3. The lowest BCUT2D eigenvalue weighted by atomic mass is 10.1. The van der Waals surface area contributed by atoms with E-state index in [0.717, 1.165) is 6.42 Å². The van der Waals surface area contributed by atoms with Gasteiger partial charge >= 0.3 is 0 Å². The Morgan fingerprint density at radius 1 is 0.515 bits per heavy atom. The van der Waals surface area contributed by atoms with Crippen molar-refractivity contribution in [2.75, 3.05) is 13.1 Å².